The quantitative estimate of drug-likeness (QED) is 0.827. The van der Waals surface area contributed by atoms with E-state index in [1.807, 2.05) is 19.3 Å². The van der Waals surface area contributed by atoms with Crippen molar-refractivity contribution in [1.82, 2.24) is 10.3 Å². The normalized spacial score (nSPS) is 10.6. The second-order valence-electron chi connectivity index (χ2n) is 4.06. The van der Waals surface area contributed by atoms with Crippen LogP contribution in [0.3, 0.4) is 0 Å². The molecule has 0 saturated carbocycles. The van der Waals surface area contributed by atoms with Gasteiger partial charge in [-0.15, -0.1) is 0 Å². The first-order valence-corrected chi connectivity index (χ1v) is 6.00. The van der Waals surface area contributed by atoms with Gasteiger partial charge in [0.25, 0.3) is 0 Å². The zero-order valence-electron chi connectivity index (χ0n) is 10.1. The standard InChI is InChI=1S/C14H18N2O/c1-15-10-9-14-16-11-13(17-14)8-7-12-5-3-2-4-6-12/h2-6,11,15H,7-10H2,1H3. The molecule has 3 nitrogen and oxygen atoms in total. The largest absolute Gasteiger partial charge is 0.446 e. The van der Waals surface area contributed by atoms with Crippen molar-refractivity contribution in [2.45, 2.75) is 19.3 Å². The van der Waals surface area contributed by atoms with Crippen LogP contribution < -0.4 is 5.32 Å². The minimum absolute atomic E-state index is 0.822. The second kappa shape index (κ2) is 6.21. The summed E-state index contributed by atoms with van der Waals surface area (Å²) >= 11 is 0. The van der Waals surface area contributed by atoms with Crippen LogP contribution in [-0.4, -0.2) is 18.6 Å². The van der Waals surface area contributed by atoms with Crippen LogP contribution in [0.2, 0.25) is 0 Å². The Morgan fingerprint density at radius 1 is 1.12 bits per heavy atom. The molecule has 0 bridgehead atoms. The van der Waals surface area contributed by atoms with Crippen LogP contribution in [0.5, 0.6) is 0 Å². The highest BCUT2D eigenvalue weighted by Crippen LogP contribution is 2.09. The molecule has 90 valence electrons. The summed E-state index contributed by atoms with van der Waals surface area (Å²) in [4.78, 5) is 4.26. The Morgan fingerprint density at radius 2 is 1.94 bits per heavy atom. The van der Waals surface area contributed by atoms with Crippen LogP contribution in [0, 0.1) is 0 Å². The number of hydrogen-bond acceptors (Lipinski definition) is 3. The number of benzene rings is 1. The lowest BCUT2D eigenvalue weighted by Gasteiger charge is -1.98. The molecule has 0 fully saturated rings. The molecule has 1 heterocycles. The molecule has 0 aliphatic heterocycles. The highest BCUT2D eigenvalue weighted by Gasteiger charge is 2.03. The molecule has 2 rings (SSSR count). The summed E-state index contributed by atoms with van der Waals surface area (Å²) in [7, 11) is 1.93. The average Bonchev–Trinajstić information content (AvgIpc) is 2.83. The molecule has 1 N–H and O–H groups in total. The average molecular weight is 230 g/mol. The molecule has 17 heavy (non-hydrogen) atoms. The minimum atomic E-state index is 0.822. The summed E-state index contributed by atoms with van der Waals surface area (Å²) in [5, 5.41) is 3.08. The summed E-state index contributed by atoms with van der Waals surface area (Å²) in [6.45, 7) is 0.901. The molecule has 3 heteroatoms. The predicted molar refractivity (Wildman–Crippen MR) is 68.0 cm³/mol. The number of nitrogens with one attached hydrogen (secondary N) is 1. The van der Waals surface area contributed by atoms with E-state index < -0.39 is 0 Å². The molecule has 0 aliphatic rings. The second-order valence-corrected chi connectivity index (χ2v) is 4.06. The van der Waals surface area contributed by atoms with E-state index in [1.165, 1.54) is 5.56 Å². The Labute approximate surface area is 102 Å². The molecule has 0 radical (unpaired) electrons. The molecule has 2 aromatic rings. The fourth-order valence-corrected chi connectivity index (χ4v) is 1.72. The van der Waals surface area contributed by atoms with E-state index in [1.54, 1.807) is 0 Å². The Balaban J connectivity index is 1.85. The zero-order valence-corrected chi connectivity index (χ0v) is 10.1. The molecule has 0 amide bonds. The van der Waals surface area contributed by atoms with E-state index in [0.717, 1.165) is 37.5 Å². The van der Waals surface area contributed by atoms with E-state index in [4.69, 9.17) is 4.42 Å². The zero-order chi connectivity index (χ0) is 11.9. The maximum Gasteiger partial charge on any atom is 0.195 e. The van der Waals surface area contributed by atoms with Crippen molar-refractivity contribution in [1.29, 1.82) is 0 Å². The highest BCUT2D eigenvalue weighted by molar-refractivity contribution is 5.15. The lowest BCUT2D eigenvalue weighted by Crippen LogP contribution is -2.10. The molecular formula is C14H18N2O. The number of oxazole rings is 1. The van der Waals surface area contributed by atoms with E-state index in [-0.39, 0.29) is 0 Å². The van der Waals surface area contributed by atoms with Crippen molar-refractivity contribution in [2.24, 2.45) is 0 Å². The molecular weight excluding hydrogens is 212 g/mol. The van der Waals surface area contributed by atoms with Gasteiger partial charge in [0.1, 0.15) is 5.76 Å². The first kappa shape index (κ1) is 11.9. The van der Waals surface area contributed by atoms with Crippen LogP contribution in [0.25, 0.3) is 0 Å². The van der Waals surface area contributed by atoms with Crippen molar-refractivity contribution in [3.8, 4) is 0 Å². The summed E-state index contributed by atoms with van der Waals surface area (Å²) < 4.78 is 5.66. The molecule has 0 unspecified atom stereocenters. The van der Waals surface area contributed by atoms with Crippen LogP contribution in [0.4, 0.5) is 0 Å². The number of aryl methyl sites for hydroxylation is 2. The van der Waals surface area contributed by atoms with Crippen molar-refractivity contribution in [2.75, 3.05) is 13.6 Å². The smallest absolute Gasteiger partial charge is 0.195 e. The van der Waals surface area contributed by atoms with Gasteiger partial charge in [0, 0.05) is 19.4 Å². The van der Waals surface area contributed by atoms with Crippen molar-refractivity contribution in [3.63, 3.8) is 0 Å². The van der Waals surface area contributed by atoms with Crippen LogP contribution >= 0.6 is 0 Å². The van der Waals surface area contributed by atoms with Gasteiger partial charge in [-0.25, -0.2) is 4.98 Å². The number of likely N-dealkylation sites (N-methyl/N-ethyl adjacent to an activating group) is 1. The van der Waals surface area contributed by atoms with Gasteiger partial charge in [-0.1, -0.05) is 30.3 Å². The van der Waals surface area contributed by atoms with Crippen LogP contribution in [-0.2, 0) is 19.3 Å². The van der Waals surface area contributed by atoms with E-state index in [0.29, 0.717) is 0 Å². The highest BCUT2D eigenvalue weighted by atomic mass is 16.4. The van der Waals surface area contributed by atoms with E-state index in [2.05, 4.69) is 34.6 Å². The number of nitrogens with zero attached hydrogens (tertiary/aromatic N) is 1. The van der Waals surface area contributed by atoms with Gasteiger partial charge in [-0.2, -0.15) is 0 Å². The molecule has 0 aliphatic carbocycles. The summed E-state index contributed by atoms with van der Waals surface area (Å²) in [5.74, 6) is 1.79. The first-order valence-electron chi connectivity index (χ1n) is 6.00. The first-order chi connectivity index (χ1) is 8.38. The van der Waals surface area contributed by atoms with Crippen LogP contribution in [0.15, 0.2) is 40.9 Å². The Hall–Kier alpha value is -1.61. The summed E-state index contributed by atoms with van der Waals surface area (Å²) in [6, 6.07) is 10.4. The third-order valence-corrected chi connectivity index (χ3v) is 2.69. The minimum Gasteiger partial charge on any atom is -0.446 e. The van der Waals surface area contributed by atoms with Gasteiger partial charge < -0.3 is 9.73 Å². The van der Waals surface area contributed by atoms with Gasteiger partial charge in [-0.05, 0) is 19.0 Å². The Kier molecular flexibility index (Phi) is 4.33. The maximum absolute atomic E-state index is 5.66. The molecule has 0 saturated heterocycles. The summed E-state index contributed by atoms with van der Waals surface area (Å²) in [5.41, 5.74) is 1.33. The van der Waals surface area contributed by atoms with E-state index in [9.17, 15) is 0 Å². The van der Waals surface area contributed by atoms with Crippen molar-refractivity contribution >= 4 is 0 Å². The fourth-order valence-electron chi connectivity index (χ4n) is 1.72. The Morgan fingerprint density at radius 3 is 2.71 bits per heavy atom. The van der Waals surface area contributed by atoms with Crippen LogP contribution in [0.1, 0.15) is 17.2 Å². The van der Waals surface area contributed by atoms with Gasteiger partial charge in [0.15, 0.2) is 5.89 Å². The molecule has 0 spiro atoms. The SMILES string of the molecule is CNCCc1ncc(CCc2ccccc2)o1. The van der Waals surface area contributed by atoms with Crippen molar-refractivity contribution in [3.05, 3.63) is 53.7 Å². The molecule has 1 aromatic heterocycles. The van der Waals surface area contributed by atoms with Gasteiger partial charge >= 0.3 is 0 Å². The lowest BCUT2D eigenvalue weighted by molar-refractivity contribution is 0.451. The van der Waals surface area contributed by atoms with E-state index >= 15 is 0 Å². The van der Waals surface area contributed by atoms with Gasteiger partial charge in [0.05, 0.1) is 6.20 Å². The third-order valence-electron chi connectivity index (χ3n) is 2.69. The summed E-state index contributed by atoms with van der Waals surface area (Å²) in [6.07, 6.45) is 4.60. The maximum atomic E-state index is 5.66. The van der Waals surface area contributed by atoms with Crippen molar-refractivity contribution < 1.29 is 4.42 Å². The number of rotatable bonds is 6. The monoisotopic (exact) mass is 230 g/mol. The van der Waals surface area contributed by atoms with Gasteiger partial charge in [-0.3, -0.25) is 0 Å². The lowest BCUT2D eigenvalue weighted by atomic mass is 10.1. The molecule has 1 aromatic carbocycles. The third kappa shape index (κ3) is 3.71. The predicted octanol–water partition coefficient (Wildman–Crippen LogP) is 2.22. The number of aromatic nitrogens is 1. The molecule has 0 atom stereocenters. The number of hydrogen-bond donors (Lipinski definition) is 1. The Bertz CT molecular complexity index is 436. The topological polar surface area (TPSA) is 38.1 Å². The fraction of sp³-hybridized carbons (Fsp3) is 0.357. The van der Waals surface area contributed by atoms with Gasteiger partial charge in [0.2, 0.25) is 0 Å².